The van der Waals surface area contributed by atoms with Crippen LogP contribution in [0.5, 0.6) is 0 Å². The Kier molecular flexibility index (Phi) is 4.13. The third-order valence-electron chi connectivity index (χ3n) is 4.69. The molecule has 0 unspecified atom stereocenters. The fraction of sp³-hybridized carbons (Fsp3) is 0.300. The molecule has 1 aliphatic heterocycles. The number of hydrogen-bond donors (Lipinski definition) is 0. The van der Waals surface area contributed by atoms with E-state index in [1.807, 2.05) is 18.5 Å². The molecule has 1 aromatic carbocycles. The van der Waals surface area contributed by atoms with Gasteiger partial charge in [-0.25, -0.2) is 4.98 Å². The minimum Gasteiger partial charge on any atom is -0.354 e. The van der Waals surface area contributed by atoms with Gasteiger partial charge in [-0.3, -0.25) is 9.88 Å². The van der Waals surface area contributed by atoms with Crippen molar-refractivity contribution in [2.24, 2.45) is 0 Å². The lowest BCUT2D eigenvalue weighted by molar-refractivity contribution is 0.249. The lowest BCUT2D eigenvalue weighted by Crippen LogP contribution is -2.46. The summed E-state index contributed by atoms with van der Waals surface area (Å²) in [6.07, 6.45) is 3.79. The van der Waals surface area contributed by atoms with Gasteiger partial charge in [-0.2, -0.15) is 0 Å². The number of fused-ring (bicyclic) bond motifs is 1. The van der Waals surface area contributed by atoms with Crippen LogP contribution in [0.4, 0.5) is 5.82 Å². The zero-order valence-corrected chi connectivity index (χ0v) is 14.0. The number of hydrogen-bond acceptors (Lipinski definition) is 4. The van der Waals surface area contributed by atoms with Crippen molar-refractivity contribution >= 4 is 16.7 Å². The van der Waals surface area contributed by atoms with Crippen LogP contribution in [0, 0.1) is 6.92 Å². The van der Waals surface area contributed by atoms with Gasteiger partial charge in [0.2, 0.25) is 0 Å². The molecule has 0 amide bonds. The molecule has 1 aliphatic rings. The lowest BCUT2D eigenvalue weighted by atomic mass is 10.1. The Morgan fingerprint density at radius 2 is 1.83 bits per heavy atom. The molecule has 2 aromatic heterocycles. The number of anilines is 1. The largest absolute Gasteiger partial charge is 0.354 e. The second-order valence-corrected chi connectivity index (χ2v) is 6.45. The third kappa shape index (κ3) is 3.10. The van der Waals surface area contributed by atoms with E-state index in [4.69, 9.17) is 4.98 Å². The normalized spacial score (nSPS) is 15.8. The molecule has 122 valence electrons. The highest BCUT2D eigenvalue weighted by atomic mass is 15.3. The van der Waals surface area contributed by atoms with Crippen molar-refractivity contribution in [1.29, 1.82) is 0 Å². The first-order chi connectivity index (χ1) is 11.8. The highest BCUT2D eigenvalue weighted by molar-refractivity contribution is 5.81. The van der Waals surface area contributed by atoms with Gasteiger partial charge in [-0.15, -0.1) is 0 Å². The van der Waals surface area contributed by atoms with Crippen LogP contribution in [-0.2, 0) is 6.54 Å². The number of pyridine rings is 2. The third-order valence-corrected chi connectivity index (χ3v) is 4.69. The number of piperazine rings is 1. The quantitative estimate of drug-likeness (QED) is 0.742. The topological polar surface area (TPSA) is 32.3 Å². The number of benzene rings is 1. The van der Waals surface area contributed by atoms with Gasteiger partial charge < -0.3 is 4.90 Å². The molecule has 0 bridgehead atoms. The average Bonchev–Trinajstić information content (AvgIpc) is 2.63. The number of nitrogens with zero attached hydrogens (tertiary/aromatic N) is 4. The van der Waals surface area contributed by atoms with Crippen LogP contribution in [0.3, 0.4) is 0 Å². The smallest absolute Gasteiger partial charge is 0.132 e. The first kappa shape index (κ1) is 15.1. The monoisotopic (exact) mass is 318 g/mol. The van der Waals surface area contributed by atoms with Crippen molar-refractivity contribution in [2.45, 2.75) is 13.5 Å². The van der Waals surface area contributed by atoms with E-state index in [9.17, 15) is 0 Å². The molecule has 24 heavy (non-hydrogen) atoms. The van der Waals surface area contributed by atoms with Crippen LogP contribution >= 0.6 is 0 Å². The molecule has 3 heterocycles. The SMILES string of the molecule is Cc1cc2ccccc2nc1N1CCN(Cc2cccnc2)CC1. The lowest BCUT2D eigenvalue weighted by Gasteiger charge is -2.36. The van der Waals surface area contributed by atoms with Crippen LogP contribution in [0.1, 0.15) is 11.1 Å². The van der Waals surface area contributed by atoms with E-state index in [2.05, 4.69) is 58.1 Å². The maximum atomic E-state index is 4.90. The Morgan fingerprint density at radius 3 is 2.62 bits per heavy atom. The molecule has 1 fully saturated rings. The molecule has 0 radical (unpaired) electrons. The van der Waals surface area contributed by atoms with Gasteiger partial charge in [0.25, 0.3) is 0 Å². The summed E-state index contributed by atoms with van der Waals surface area (Å²) < 4.78 is 0. The van der Waals surface area contributed by atoms with E-state index in [-0.39, 0.29) is 0 Å². The van der Waals surface area contributed by atoms with Crippen LogP contribution in [0.25, 0.3) is 10.9 Å². The summed E-state index contributed by atoms with van der Waals surface area (Å²) in [7, 11) is 0. The maximum Gasteiger partial charge on any atom is 0.132 e. The predicted molar refractivity (Wildman–Crippen MR) is 98.2 cm³/mol. The van der Waals surface area contributed by atoms with E-state index in [0.29, 0.717) is 0 Å². The summed E-state index contributed by atoms with van der Waals surface area (Å²) in [5, 5.41) is 1.22. The van der Waals surface area contributed by atoms with Crippen LogP contribution < -0.4 is 4.90 Å². The molecule has 0 N–H and O–H groups in total. The van der Waals surface area contributed by atoms with Gasteiger partial charge in [-0.05, 0) is 36.2 Å². The standard InChI is InChI=1S/C20H22N4/c1-16-13-18-6-2-3-7-19(18)22-20(16)24-11-9-23(10-12-24)15-17-5-4-8-21-14-17/h2-8,13-14H,9-12,15H2,1H3. The summed E-state index contributed by atoms with van der Waals surface area (Å²) in [4.78, 5) is 14.0. The van der Waals surface area contributed by atoms with Crippen molar-refractivity contribution in [2.75, 3.05) is 31.1 Å². The first-order valence-electron chi connectivity index (χ1n) is 8.52. The van der Waals surface area contributed by atoms with Gasteiger partial charge in [-0.1, -0.05) is 24.3 Å². The molecule has 0 saturated carbocycles. The van der Waals surface area contributed by atoms with Gasteiger partial charge >= 0.3 is 0 Å². The van der Waals surface area contributed by atoms with Crippen molar-refractivity contribution < 1.29 is 0 Å². The van der Waals surface area contributed by atoms with Crippen molar-refractivity contribution in [3.05, 3.63) is 66.0 Å². The van der Waals surface area contributed by atoms with E-state index in [1.54, 1.807) is 0 Å². The molecule has 3 aromatic rings. The first-order valence-corrected chi connectivity index (χ1v) is 8.52. The molecule has 0 spiro atoms. The molecule has 4 nitrogen and oxygen atoms in total. The van der Waals surface area contributed by atoms with Crippen LogP contribution in [0.15, 0.2) is 54.9 Å². The predicted octanol–water partition coefficient (Wildman–Crippen LogP) is 3.26. The molecule has 0 atom stereocenters. The number of para-hydroxylation sites is 1. The van der Waals surface area contributed by atoms with Gasteiger partial charge in [0.15, 0.2) is 0 Å². The zero-order chi connectivity index (χ0) is 16.4. The number of aryl methyl sites for hydroxylation is 1. The Morgan fingerprint density at radius 1 is 1.00 bits per heavy atom. The zero-order valence-electron chi connectivity index (χ0n) is 14.0. The van der Waals surface area contributed by atoms with E-state index >= 15 is 0 Å². The molecule has 4 rings (SSSR count). The fourth-order valence-corrected chi connectivity index (χ4v) is 3.40. The molecule has 4 heteroatoms. The van der Waals surface area contributed by atoms with Crippen molar-refractivity contribution in [3.8, 4) is 0 Å². The summed E-state index contributed by atoms with van der Waals surface area (Å²) in [5.74, 6) is 1.13. The minimum atomic E-state index is 0.978. The fourth-order valence-electron chi connectivity index (χ4n) is 3.40. The Labute approximate surface area is 142 Å². The Hall–Kier alpha value is -2.46. The summed E-state index contributed by atoms with van der Waals surface area (Å²) in [6, 6.07) is 14.8. The summed E-state index contributed by atoms with van der Waals surface area (Å²) >= 11 is 0. The molecule has 1 saturated heterocycles. The minimum absolute atomic E-state index is 0.978. The second kappa shape index (κ2) is 6.57. The second-order valence-electron chi connectivity index (χ2n) is 6.45. The molecular formula is C20H22N4. The summed E-state index contributed by atoms with van der Waals surface area (Å²) in [5.41, 5.74) is 3.62. The van der Waals surface area contributed by atoms with E-state index < -0.39 is 0 Å². The van der Waals surface area contributed by atoms with Crippen molar-refractivity contribution in [1.82, 2.24) is 14.9 Å². The van der Waals surface area contributed by atoms with Gasteiger partial charge in [0.05, 0.1) is 5.52 Å². The van der Waals surface area contributed by atoms with Crippen LogP contribution in [0.2, 0.25) is 0 Å². The maximum absolute atomic E-state index is 4.90. The Bertz CT molecular complexity index is 823. The number of rotatable bonds is 3. The van der Waals surface area contributed by atoms with Gasteiger partial charge in [0, 0.05) is 50.5 Å². The van der Waals surface area contributed by atoms with E-state index in [0.717, 1.165) is 44.1 Å². The number of aromatic nitrogens is 2. The summed E-state index contributed by atoms with van der Waals surface area (Å²) in [6.45, 7) is 7.30. The molecule has 0 aliphatic carbocycles. The molecular weight excluding hydrogens is 296 g/mol. The van der Waals surface area contributed by atoms with Crippen molar-refractivity contribution in [3.63, 3.8) is 0 Å². The van der Waals surface area contributed by atoms with Crippen LogP contribution in [-0.4, -0.2) is 41.0 Å². The van der Waals surface area contributed by atoms with E-state index in [1.165, 1.54) is 16.5 Å². The highest BCUT2D eigenvalue weighted by Gasteiger charge is 2.19. The average molecular weight is 318 g/mol. The Balaban J connectivity index is 1.47. The van der Waals surface area contributed by atoms with Gasteiger partial charge in [0.1, 0.15) is 5.82 Å². The highest BCUT2D eigenvalue weighted by Crippen LogP contribution is 2.24.